The number of benzene rings is 2. The van der Waals surface area contributed by atoms with Crippen LogP contribution in [0, 0.1) is 11.3 Å². The Morgan fingerprint density at radius 3 is 2.38 bits per heavy atom. The molecule has 0 saturated heterocycles. The maximum Gasteiger partial charge on any atom is 0.307 e. The molecule has 124 valence electrons. The summed E-state index contributed by atoms with van der Waals surface area (Å²) in [5, 5.41) is 8.70. The van der Waals surface area contributed by atoms with E-state index < -0.39 is 16.0 Å². The van der Waals surface area contributed by atoms with E-state index >= 15 is 0 Å². The molecule has 0 aromatic heterocycles. The Morgan fingerprint density at radius 1 is 1.08 bits per heavy atom. The third-order valence-corrected chi connectivity index (χ3v) is 4.63. The first kappa shape index (κ1) is 17.7. The Bertz CT molecular complexity index is 825. The highest BCUT2D eigenvalue weighted by Crippen LogP contribution is 2.08. The minimum absolute atomic E-state index is 0.0383. The monoisotopic (exact) mass is 344 g/mol. The number of carbonyl (C=O) groups is 1. The molecule has 24 heavy (non-hydrogen) atoms. The van der Waals surface area contributed by atoms with Gasteiger partial charge in [0.15, 0.2) is 0 Å². The van der Waals surface area contributed by atoms with E-state index in [9.17, 15) is 13.2 Å². The van der Waals surface area contributed by atoms with Gasteiger partial charge >= 0.3 is 5.97 Å². The molecule has 7 heteroatoms. The van der Waals surface area contributed by atoms with E-state index in [4.69, 9.17) is 10.00 Å². The van der Waals surface area contributed by atoms with Crippen LogP contribution in [0.1, 0.15) is 17.5 Å². The molecule has 0 heterocycles. The summed E-state index contributed by atoms with van der Waals surface area (Å²) in [6.07, 6.45) is -0.0671. The molecule has 0 atom stereocenters. The SMILES string of the molecule is N#Cc1ccc(COC(=O)CCNS(=O)(=O)c2ccccc2)cc1. The van der Waals surface area contributed by atoms with Gasteiger partial charge in [-0.15, -0.1) is 0 Å². The maximum absolute atomic E-state index is 12.0. The van der Waals surface area contributed by atoms with Crippen LogP contribution in [0.15, 0.2) is 59.5 Å². The highest BCUT2D eigenvalue weighted by Gasteiger charge is 2.13. The third-order valence-electron chi connectivity index (χ3n) is 3.16. The highest BCUT2D eigenvalue weighted by molar-refractivity contribution is 7.89. The normalized spacial score (nSPS) is 10.8. The van der Waals surface area contributed by atoms with E-state index in [1.54, 1.807) is 42.5 Å². The molecule has 2 rings (SSSR count). The number of nitrogens with zero attached hydrogens (tertiary/aromatic N) is 1. The summed E-state index contributed by atoms with van der Waals surface area (Å²) in [6, 6.07) is 16.6. The highest BCUT2D eigenvalue weighted by atomic mass is 32.2. The van der Waals surface area contributed by atoms with Gasteiger partial charge in [0, 0.05) is 6.54 Å². The summed E-state index contributed by atoms with van der Waals surface area (Å²) in [6.45, 7) is 0.0411. The van der Waals surface area contributed by atoms with Crippen molar-refractivity contribution in [3.63, 3.8) is 0 Å². The van der Waals surface area contributed by atoms with Gasteiger partial charge < -0.3 is 4.74 Å². The van der Waals surface area contributed by atoms with Crippen molar-refractivity contribution in [3.05, 3.63) is 65.7 Å². The van der Waals surface area contributed by atoms with Crippen molar-refractivity contribution in [2.24, 2.45) is 0 Å². The molecule has 0 bridgehead atoms. The topological polar surface area (TPSA) is 96.3 Å². The standard InChI is InChI=1S/C17H16N2O4S/c18-12-14-6-8-15(9-7-14)13-23-17(20)10-11-19-24(21,22)16-4-2-1-3-5-16/h1-9,19H,10-11,13H2. The lowest BCUT2D eigenvalue weighted by Gasteiger charge is -2.07. The van der Waals surface area contributed by atoms with Crippen molar-refractivity contribution < 1.29 is 17.9 Å². The van der Waals surface area contributed by atoms with Crippen molar-refractivity contribution in [2.75, 3.05) is 6.54 Å². The van der Waals surface area contributed by atoms with Crippen molar-refractivity contribution >= 4 is 16.0 Å². The molecule has 0 radical (unpaired) electrons. The molecule has 0 aliphatic carbocycles. The molecule has 1 N–H and O–H groups in total. The lowest BCUT2D eigenvalue weighted by Crippen LogP contribution is -2.26. The van der Waals surface area contributed by atoms with Crippen LogP contribution in [0.4, 0.5) is 0 Å². The van der Waals surface area contributed by atoms with Gasteiger partial charge in [-0.3, -0.25) is 4.79 Å². The lowest BCUT2D eigenvalue weighted by molar-refractivity contribution is -0.144. The number of esters is 1. The smallest absolute Gasteiger partial charge is 0.307 e. The van der Waals surface area contributed by atoms with Gasteiger partial charge in [0.1, 0.15) is 6.61 Å². The first-order valence-electron chi connectivity index (χ1n) is 7.20. The minimum atomic E-state index is -3.62. The molecule has 6 nitrogen and oxygen atoms in total. The largest absolute Gasteiger partial charge is 0.461 e. The van der Waals surface area contributed by atoms with Gasteiger partial charge in [0.25, 0.3) is 0 Å². The minimum Gasteiger partial charge on any atom is -0.461 e. The molecule has 0 fully saturated rings. The van der Waals surface area contributed by atoms with Crippen molar-refractivity contribution in [1.82, 2.24) is 4.72 Å². The van der Waals surface area contributed by atoms with Crippen LogP contribution in [0.2, 0.25) is 0 Å². The molecular weight excluding hydrogens is 328 g/mol. The number of ether oxygens (including phenoxy) is 1. The summed E-state index contributed by atoms with van der Waals surface area (Å²) >= 11 is 0. The Labute approximate surface area is 140 Å². The summed E-state index contributed by atoms with van der Waals surface area (Å²) < 4.78 is 31.3. The van der Waals surface area contributed by atoms with Gasteiger partial charge in [-0.05, 0) is 29.8 Å². The van der Waals surface area contributed by atoms with Crippen molar-refractivity contribution in [3.8, 4) is 6.07 Å². The maximum atomic E-state index is 12.0. The molecule has 2 aromatic carbocycles. The zero-order valence-electron chi connectivity index (χ0n) is 12.8. The zero-order chi connectivity index (χ0) is 17.4. The summed E-state index contributed by atoms with van der Waals surface area (Å²) in [4.78, 5) is 11.8. The van der Waals surface area contributed by atoms with Gasteiger partial charge in [0.2, 0.25) is 10.0 Å². The second-order valence-corrected chi connectivity index (χ2v) is 6.70. The van der Waals surface area contributed by atoms with Crippen LogP contribution in [-0.4, -0.2) is 20.9 Å². The van der Waals surface area contributed by atoms with Gasteiger partial charge in [-0.2, -0.15) is 5.26 Å². The fraction of sp³-hybridized carbons (Fsp3) is 0.176. The molecule has 0 aliphatic rings. The van der Waals surface area contributed by atoms with Crippen LogP contribution in [0.25, 0.3) is 0 Å². The van der Waals surface area contributed by atoms with E-state index in [2.05, 4.69) is 4.72 Å². The molecular formula is C17H16N2O4S. The second kappa shape index (κ2) is 8.24. The third kappa shape index (κ3) is 5.19. The number of nitriles is 1. The van der Waals surface area contributed by atoms with Crippen LogP contribution < -0.4 is 4.72 Å². The van der Waals surface area contributed by atoms with E-state index in [0.29, 0.717) is 5.56 Å². The van der Waals surface area contributed by atoms with E-state index in [1.165, 1.54) is 12.1 Å². The first-order valence-corrected chi connectivity index (χ1v) is 8.69. The lowest BCUT2D eigenvalue weighted by atomic mass is 10.2. The fourth-order valence-electron chi connectivity index (χ4n) is 1.88. The predicted molar refractivity (Wildman–Crippen MR) is 87.2 cm³/mol. The average Bonchev–Trinajstić information content (AvgIpc) is 2.61. The predicted octanol–water partition coefficient (Wildman–Crippen LogP) is 1.97. The van der Waals surface area contributed by atoms with Crippen molar-refractivity contribution in [1.29, 1.82) is 5.26 Å². The van der Waals surface area contributed by atoms with Crippen LogP contribution in [-0.2, 0) is 26.2 Å². The number of carbonyl (C=O) groups excluding carboxylic acids is 1. The fourth-order valence-corrected chi connectivity index (χ4v) is 2.93. The zero-order valence-corrected chi connectivity index (χ0v) is 13.6. The quantitative estimate of drug-likeness (QED) is 0.775. The number of hydrogen-bond donors (Lipinski definition) is 1. The van der Waals surface area contributed by atoms with Gasteiger partial charge in [-0.25, -0.2) is 13.1 Å². The Hall–Kier alpha value is -2.69. The molecule has 2 aromatic rings. The Balaban J connectivity index is 1.76. The summed E-state index contributed by atoms with van der Waals surface area (Å²) in [5.74, 6) is -0.505. The summed E-state index contributed by atoms with van der Waals surface area (Å²) in [5.41, 5.74) is 1.28. The first-order chi connectivity index (χ1) is 11.5. The van der Waals surface area contributed by atoms with E-state index in [1.807, 2.05) is 6.07 Å². The van der Waals surface area contributed by atoms with Gasteiger partial charge in [-0.1, -0.05) is 30.3 Å². The molecule has 0 spiro atoms. The number of nitrogens with one attached hydrogen (secondary N) is 1. The van der Waals surface area contributed by atoms with E-state index in [0.717, 1.165) is 5.56 Å². The Morgan fingerprint density at radius 2 is 1.75 bits per heavy atom. The second-order valence-electron chi connectivity index (χ2n) is 4.93. The molecule has 0 unspecified atom stereocenters. The molecule has 0 saturated carbocycles. The summed E-state index contributed by atoms with van der Waals surface area (Å²) in [7, 11) is -3.62. The molecule has 0 aliphatic heterocycles. The number of sulfonamides is 1. The van der Waals surface area contributed by atoms with Crippen LogP contribution in [0.3, 0.4) is 0 Å². The van der Waals surface area contributed by atoms with Gasteiger partial charge in [0.05, 0.1) is 22.9 Å². The number of hydrogen-bond acceptors (Lipinski definition) is 5. The van der Waals surface area contributed by atoms with E-state index in [-0.39, 0.29) is 24.5 Å². The van der Waals surface area contributed by atoms with Crippen molar-refractivity contribution in [2.45, 2.75) is 17.9 Å². The Kier molecular flexibility index (Phi) is 6.07. The average molecular weight is 344 g/mol. The van der Waals surface area contributed by atoms with Crippen LogP contribution in [0.5, 0.6) is 0 Å². The molecule has 0 amide bonds. The number of rotatable bonds is 7. The van der Waals surface area contributed by atoms with Crippen LogP contribution >= 0.6 is 0 Å².